The Labute approximate surface area is 192 Å². The molecule has 1 aliphatic carbocycles. The van der Waals surface area contributed by atoms with Crippen LogP contribution in [0.4, 0.5) is 0 Å². The van der Waals surface area contributed by atoms with Crippen LogP contribution >= 0.6 is 27.5 Å². The van der Waals surface area contributed by atoms with Crippen molar-refractivity contribution in [1.82, 2.24) is 4.98 Å². The summed E-state index contributed by atoms with van der Waals surface area (Å²) in [6.07, 6.45) is 3.14. The smallest absolute Gasteiger partial charge is 0.351 e. The fourth-order valence-electron chi connectivity index (χ4n) is 3.27. The molecule has 1 fully saturated rings. The molecule has 0 saturated heterocycles. The van der Waals surface area contributed by atoms with E-state index in [1.54, 1.807) is 24.3 Å². The molecule has 0 radical (unpaired) electrons. The number of aliphatic hydroxyl groups excluding tert-OH is 2. The summed E-state index contributed by atoms with van der Waals surface area (Å²) < 4.78 is -3.21. The first kappa shape index (κ1) is 25.7. The second-order valence-electron chi connectivity index (χ2n) is 7.50. The van der Waals surface area contributed by atoms with Gasteiger partial charge in [0.05, 0.1) is 0 Å². The molecule has 1 saturated carbocycles. The molecule has 0 spiro atoms. The first-order chi connectivity index (χ1) is 14.4. The molecule has 2 aromatic rings. The van der Waals surface area contributed by atoms with Crippen LogP contribution in [-0.2, 0) is 4.79 Å². The number of hydrogen-bond donors (Lipinski definition) is 7. The van der Waals surface area contributed by atoms with Gasteiger partial charge >= 0.3 is 5.97 Å². The topological polar surface area (TPSA) is 177 Å². The lowest BCUT2D eigenvalue weighted by Crippen LogP contribution is -2.62. The molecule has 1 aliphatic rings. The third-order valence-corrected chi connectivity index (χ3v) is 6.88. The molecule has 11 heteroatoms. The number of benzene rings is 1. The number of carbonyl (C=O) groups is 2. The van der Waals surface area contributed by atoms with Crippen molar-refractivity contribution in [2.75, 3.05) is 0 Å². The lowest BCUT2D eigenvalue weighted by atomic mass is 9.95. The van der Waals surface area contributed by atoms with E-state index >= 15 is 0 Å². The van der Waals surface area contributed by atoms with Crippen LogP contribution in [0, 0.1) is 0 Å². The summed E-state index contributed by atoms with van der Waals surface area (Å²) in [5.41, 5.74) is 6.22. The van der Waals surface area contributed by atoms with Gasteiger partial charge in [0.15, 0.2) is 5.78 Å². The maximum atomic E-state index is 12.4. The van der Waals surface area contributed by atoms with E-state index in [0.717, 1.165) is 0 Å². The summed E-state index contributed by atoms with van der Waals surface area (Å²) in [4.78, 5) is 26.1. The lowest BCUT2D eigenvalue weighted by molar-refractivity contribution is -0.174. The minimum absolute atomic E-state index is 0.00180. The third-order valence-electron chi connectivity index (χ3n) is 5.21. The maximum absolute atomic E-state index is 12.4. The molecule has 1 aromatic carbocycles. The lowest BCUT2D eigenvalue weighted by Gasteiger charge is -2.36. The average Bonchev–Trinajstić information content (AvgIpc) is 3.17. The van der Waals surface area contributed by atoms with E-state index in [4.69, 9.17) is 22.4 Å². The highest BCUT2D eigenvalue weighted by molar-refractivity contribution is 9.10. The molecule has 9 nitrogen and oxygen atoms in total. The Morgan fingerprint density at radius 1 is 1.16 bits per heavy atom. The number of aliphatic carboxylic acids is 1. The van der Waals surface area contributed by atoms with E-state index in [9.17, 15) is 30.0 Å². The summed E-state index contributed by atoms with van der Waals surface area (Å²) in [7, 11) is 0. The number of ketones is 1. The van der Waals surface area contributed by atoms with Gasteiger partial charge in [-0.05, 0) is 34.8 Å². The quantitative estimate of drug-likeness (QED) is 0.220. The van der Waals surface area contributed by atoms with Gasteiger partial charge in [0.2, 0.25) is 5.06 Å². The van der Waals surface area contributed by atoms with Crippen LogP contribution in [0.5, 0.6) is 0 Å². The molecule has 3 rings (SSSR count). The summed E-state index contributed by atoms with van der Waals surface area (Å²) in [6, 6.07) is 7.16. The maximum Gasteiger partial charge on any atom is 0.351 e. The number of para-hydroxylation sites is 1. The van der Waals surface area contributed by atoms with Gasteiger partial charge in [-0.1, -0.05) is 49.1 Å². The number of aromatic nitrogens is 1. The Morgan fingerprint density at radius 2 is 1.74 bits per heavy atom. The number of carboxylic acids is 1. The standard InChI is InChI=1S/C14H13BrClNO7.C6H13N/c15-13(23,12(21)22)14(16,24)11(20)10(19)9(18)7-5-17-8-4-2-1-3-6(7)8;7-6-4-2-1-3-5-6/h1-5,10-11,17,19-20,23-24H,(H,21,22);6H,1-5,7H2/t10-,11+,13+,14-;/m0./s1. The number of carboxylic acid groups (broad SMARTS) is 1. The number of H-pyrrole nitrogens is 1. The Hall–Kier alpha value is -1.53. The summed E-state index contributed by atoms with van der Waals surface area (Å²) in [5, 5.41) is 45.6. The van der Waals surface area contributed by atoms with Crippen molar-refractivity contribution in [1.29, 1.82) is 0 Å². The van der Waals surface area contributed by atoms with Crippen molar-refractivity contribution in [2.45, 2.75) is 59.9 Å². The van der Waals surface area contributed by atoms with Gasteiger partial charge in [0.1, 0.15) is 12.2 Å². The molecule has 31 heavy (non-hydrogen) atoms. The van der Waals surface area contributed by atoms with Gasteiger partial charge < -0.3 is 36.3 Å². The largest absolute Gasteiger partial charge is 0.478 e. The number of Topliss-reactive ketones (excluding diaryl/α,β-unsaturated/α-hetero) is 1. The molecule has 0 unspecified atom stereocenters. The zero-order valence-electron chi connectivity index (χ0n) is 16.5. The number of fused-ring (bicyclic) bond motifs is 1. The Morgan fingerprint density at radius 3 is 2.26 bits per heavy atom. The zero-order valence-corrected chi connectivity index (χ0v) is 18.9. The van der Waals surface area contributed by atoms with Crippen LogP contribution < -0.4 is 5.73 Å². The number of hydrogen-bond acceptors (Lipinski definition) is 7. The highest BCUT2D eigenvalue weighted by Crippen LogP contribution is 2.37. The van der Waals surface area contributed by atoms with Crippen LogP contribution in [-0.4, -0.2) is 70.1 Å². The molecule has 0 bridgehead atoms. The number of alkyl halides is 2. The van der Waals surface area contributed by atoms with Gasteiger partial charge in [-0.2, -0.15) is 0 Å². The summed E-state index contributed by atoms with van der Waals surface area (Å²) in [6.45, 7) is 0. The molecule has 4 atom stereocenters. The predicted octanol–water partition coefficient (Wildman–Crippen LogP) is 1.45. The fraction of sp³-hybridized carbons (Fsp3) is 0.500. The summed E-state index contributed by atoms with van der Waals surface area (Å²) >= 11 is 7.76. The van der Waals surface area contributed by atoms with Crippen LogP contribution in [0.25, 0.3) is 10.9 Å². The monoisotopic (exact) mass is 520 g/mol. The van der Waals surface area contributed by atoms with E-state index < -0.39 is 33.5 Å². The highest BCUT2D eigenvalue weighted by Gasteiger charge is 2.60. The van der Waals surface area contributed by atoms with Gasteiger partial charge in [-0.25, -0.2) is 4.79 Å². The molecule has 0 amide bonds. The van der Waals surface area contributed by atoms with Crippen molar-refractivity contribution < 1.29 is 35.1 Å². The SMILES string of the molecule is NC1CCCCC1.O=C(c1c[nH]c2ccccc12)[C@H](O)[C@@H](O)[C@@](O)(Cl)[C@@](O)(Br)C(=O)O. The van der Waals surface area contributed by atoms with E-state index in [1.807, 2.05) is 0 Å². The van der Waals surface area contributed by atoms with E-state index in [1.165, 1.54) is 38.3 Å². The van der Waals surface area contributed by atoms with Crippen molar-refractivity contribution in [2.24, 2.45) is 5.73 Å². The van der Waals surface area contributed by atoms with Gasteiger partial charge in [-0.15, -0.1) is 0 Å². The molecule has 1 heterocycles. The molecule has 0 aliphatic heterocycles. The second kappa shape index (κ2) is 10.4. The van der Waals surface area contributed by atoms with E-state index in [2.05, 4.69) is 20.9 Å². The number of halogens is 2. The van der Waals surface area contributed by atoms with E-state index in [-0.39, 0.29) is 5.56 Å². The zero-order chi connectivity index (χ0) is 23.4. The fourth-order valence-corrected chi connectivity index (χ4v) is 3.70. The Bertz CT molecular complexity index is 912. The minimum atomic E-state index is -3.29. The van der Waals surface area contributed by atoms with Crippen LogP contribution in [0.2, 0.25) is 0 Å². The Kier molecular flexibility index (Phi) is 8.62. The second-order valence-corrected chi connectivity index (χ2v) is 9.22. The number of rotatable bonds is 6. The molecular formula is C20H26BrClN2O7. The first-order valence-electron chi connectivity index (χ1n) is 9.69. The van der Waals surface area contributed by atoms with Gasteiger partial charge in [0, 0.05) is 28.7 Å². The van der Waals surface area contributed by atoms with Crippen molar-refractivity contribution >= 4 is 50.2 Å². The minimum Gasteiger partial charge on any atom is -0.478 e. The third kappa shape index (κ3) is 5.64. The Balaban J connectivity index is 0.000000412. The molecule has 8 N–H and O–H groups in total. The number of nitrogens with one attached hydrogen (secondary N) is 1. The normalized spacial score (nSPS) is 20.6. The number of nitrogens with two attached hydrogens (primary N) is 1. The molecule has 172 valence electrons. The van der Waals surface area contributed by atoms with Crippen molar-refractivity contribution in [3.63, 3.8) is 0 Å². The molecule has 1 aromatic heterocycles. The molecular weight excluding hydrogens is 496 g/mol. The number of aromatic amines is 1. The summed E-state index contributed by atoms with van der Waals surface area (Å²) in [5.74, 6) is -3.04. The number of carbonyl (C=O) groups excluding carboxylic acids is 1. The number of aliphatic hydroxyl groups is 4. The average molecular weight is 522 g/mol. The van der Waals surface area contributed by atoms with Crippen LogP contribution in [0.1, 0.15) is 42.5 Å². The van der Waals surface area contributed by atoms with Crippen molar-refractivity contribution in [3.8, 4) is 0 Å². The van der Waals surface area contributed by atoms with Crippen molar-refractivity contribution in [3.05, 3.63) is 36.0 Å². The highest BCUT2D eigenvalue weighted by atomic mass is 79.9. The first-order valence-corrected chi connectivity index (χ1v) is 10.9. The predicted molar refractivity (Wildman–Crippen MR) is 118 cm³/mol. The van der Waals surface area contributed by atoms with Gasteiger partial charge in [0.25, 0.3) is 4.51 Å². The van der Waals surface area contributed by atoms with Gasteiger partial charge in [-0.3, -0.25) is 4.79 Å². The van der Waals surface area contributed by atoms with Crippen LogP contribution in [0.3, 0.4) is 0 Å². The van der Waals surface area contributed by atoms with E-state index in [0.29, 0.717) is 16.9 Å². The van der Waals surface area contributed by atoms with Crippen LogP contribution in [0.15, 0.2) is 30.5 Å².